The van der Waals surface area contributed by atoms with Crippen molar-refractivity contribution in [3.63, 3.8) is 0 Å². The summed E-state index contributed by atoms with van der Waals surface area (Å²) >= 11 is 0. The van der Waals surface area contributed by atoms with Gasteiger partial charge >= 0.3 is 12.7 Å². The maximum atomic E-state index is 12.7. The number of nitrogens with zero attached hydrogens (tertiary/aromatic N) is 4. The van der Waals surface area contributed by atoms with Crippen LogP contribution in [0, 0.1) is 12.8 Å². The van der Waals surface area contributed by atoms with Crippen LogP contribution in [-0.4, -0.2) is 34.5 Å². The van der Waals surface area contributed by atoms with Gasteiger partial charge in [0.15, 0.2) is 5.69 Å². The van der Waals surface area contributed by atoms with Crippen LogP contribution in [0.15, 0.2) is 23.4 Å². The Hall–Kier alpha value is -2.02. The van der Waals surface area contributed by atoms with E-state index < -0.39 is 34.4 Å². The average molecular weight is 401 g/mol. The van der Waals surface area contributed by atoms with E-state index in [1.165, 1.54) is 6.92 Å². The van der Waals surface area contributed by atoms with Crippen LogP contribution in [0.5, 0.6) is 0 Å². The molecule has 1 N–H and O–H groups in total. The number of aromatic nitrogens is 4. The second-order valence-corrected chi connectivity index (χ2v) is 7.43. The summed E-state index contributed by atoms with van der Waals surface area (Å²) in [5.74, 6) is -0.406. The third-order valence-electron chi connectivity index (χ3n) is 3.53. The van der Waals surface area contributed by atoms with Gasteiger partial charge in [0.25, 0.3) is 0 Å². The Morgan fingerprint density at radius 3 is 2.46 bits per heavy atom. The first-order valence-electron chi connectivity index (χ1n) is 7.34. The van der Waals surface area contributed by atoms with Crippen LogP contribution < -0.4 is 4.72 Å². The zero-order valence-electron chi connectivity index (χ0n) is 13.7. The van der Waals surface area contributed by atoms with Crippen molar-refractivity contribution in [1.82, 2.24) is 24.3 Å². The molecule has 0 aliphatic heterocycles. The lowest BCUT2D eigenvalue weighted by Gasteiger charge is -2.13. The standard InChI is InChI=1S/C13H16F5N5O2S/c1-8(7-22-4-3-11(21-22)13(16,17)18)5-20-26(24,25)10-6-19-23(9(10)2)12(14)15/h3-4,6,8,12,20H,5,7H2,1-2H3/t8-/m0/s1. The molecule has 0 unspecified atom stereocenters. The third kappa shape index (κ3) is 4.58. The minimum Gasteiger partial charge on any atom is -0.272 e. The average Bonchev–Trinajstić information content (AvgIpc) is 3.11. The Labute approximate surface area is 145 Å². The van der Waals surface area contributed by atoms with Crippen molar-refractivity contribution in [3.8, 4) is 0 Å². The Bertz CT molecular complexity index is 859. The van der Waals surface area contributed by atoms with E-state index in [1.807, 2.05) is 0 Å². The Morgan fingerprint density at radius 2 is 1.96 bits per heavy atom. The fourth-order valence-electron chi connectivity index (χ4n) is 2.20. The Morgan fingerprint density at radius 1 is 1.31 bits per heavy atom. The fraction of sp³-hybridized carbons (Fsp3) is 0.538. The summed E-state index contributed by atoms with van der Waals surface area (Å²) in [6.07, 6.45) is -2.60. The van der Waals surface area contributed by atoms with Crippen molar-refractivity contribution < 1.29 is 30.4 Å². The van der Waals surface area contributed by atoms with Gasteiger partial charge in [-0.3, -0.25) is 4.68 Å². The van der Waals surface area contributed by atoms with Gasteiger partial charge in [-0.15, -0.1) is 0 Å². The van der Waals surface area contributed by atoms with Crippen molar-refractivity contribution in [2.24, 2.45) is 5.92 Å². The van der Waals surface area contributed by atoms with Crippen LogP contribution in [0.2, 0.25) is 0 Å². The van der Waals surface area contributed by atoms with E-state index in [0.29, 0.717) is 0 Å². The molecule has 146 valence electrons. The van der Waals surface area contributed by atoms with Gasteiger partial charge in [0.1, 0.15) is 4.90 Å². The molecule has 2 aromatic rings. The van der Waals surface area contributed by atoms with Gasteiger partial charge < -0.3 is 0 Å². The highest BCUT2D eigenvalue weighted by Gasteiger charge is 2.33. The molecule has 0 aliphatic carbocycles. The van der Waals surface area contributed by atoms with Crippen LogP contribution in [0.25, 0.3) is 0 Å². The molecule has 2 rings (SSSR count). The van der Waals surface area contributed by atoms with Crippen LogP contribution in [0.3, 0.4) is 0 Å². The zero-order chi connectivity index (χ0) is 19.7. The first-order chi connectivity index (χ1) is 11.9. The van der Waals surface area contributed by atoms with Gasteiger partial charge in [0, 0.05) is 19.3 Å². The summed E-state index contributed by atoms with van der Waals surface area (Å²) in [4.78, 5) is -0.386. The number of alkyl halides is 5. The van der Waals surface area contributed by atoms with Gasteiger partial charge in [-0.2, -0.15) is 32.1 Å². The Balaban J connectivity index is 2.00. The number of hydrogen-bond donors (Lipinski definition) is 1. The van der Waals surface area contributed by atoms with Crippen molar-refractivity contribution >= 4 is 10.0 Å². The third-order valence-corrected chi connectivity index (χ3v) is 5.05. The lowest BCUT2D eigenvalue weighted by atomic mass is 10.2. The molecule has 13 heteroatoms. The lowest BCUT2D eigenvalue weighted by Crippen LogP contribution is -2.30. The molecule has 0 spiro atoms. The number of rotatable bonds is 7. The van der Waals surface area contributed by atoms with Gasteiger partial charge in [-0.1, -0.05) is 6.92 Å². The molecule has 26 heavy (non-hydrogen) atoms. The van der Waals surface area contributed by atoms with Gasteiger partial charge in [0.2, 0.25) is 10.0 Å². The first-order valence-corrected chi connectivity index (χ1v) is 8.82. The normalized spacial score (nSPS) is 14.2. The highest BCUT2D eigenvalue weighted by Crippen LogP contribution is 2.27. The molecular formula is C13H16F5N5O2S. The van der Waals surface area contributed by atoms with Gasteiger partial charge in [-0.25, -0.2) is 17.8 Å². The monoisotopic (exact) mass is 401 g/mol. The summed E-state index contributed by atoms with van der Waals surface area (Å²) < 4.78 is 90.8. The number of hydrogen-bond acceptors (Lipinski definition) is 4. The van der Waals surface area contributed by atoms with E-state index in [1.54, 1.807) is 6.92 Å². The highest BCUT2D eigenvalue weighted by molar-refractivity contribution is 7.89. The van der Waals surface area contributed by atoms with Gasteiger partial charge in [-0.05, 0) is 18.9 Å². The molecule has 0 radical (unpaired) electrons. The van der Waals surface area contributed by atoms with Crippen LogP contribution >= 0.6 is 0 Å². The zero-order valence-corrected chi connectivity index (χ0v) is 14.5. The minimum atomic E-state index is -4.56. The molecule has 0 saturated heterocycles. The quantitative estimate of drug-likeness (QED) is 0.723. The molecule has 0 amide bonds. The molecule has 0 aliphatic rings. The topological polar surface area (TPSA) is 81.8 Å². The first kappa shape index (κ1) is 20.3. The summed E-state index contributed by atoms with van der Waals surface area (Å²) in [5.41, 5.74) is -1.26. The van der Waals surface area contributed by atoms with Crippen LogP contribution in [0.1, 0.15) is 24.9 Å². The predicted molar refractivity (Wildman–Crippen MR) is 79.8 cm³/mol. The van der Waals surface area contributed by atoms with Crippen molar-refractivity contribution in [2.75, 3.05) is 6.54 Å². The lowest BCUT2D eigenvalue weighted by molar-refractivity contribution is -0.141. The predicted octanol–water partition coefficient (Wildman–Crippen LogP) is 2.42. The maximum absolute atomic E-state index is 12.7. The molecule has 0 saturated carbocycles. The van der Waals surface area contributed by atoms with E-state index in [9.17, 15) is 30.4 Å². The summed E-state index contributed by atoms with van der Waals surface area (Å²) in [7, 11) is -4.09. The van der Waals surface area contributed by atoms with E-state index in [2.05, 4.69) is 14.9 Å². The fourth-order valence-corrected chi connectivity index (χ4v) is 3.52. The summed E-state index contributed by atoms with van der Waals surface area (Å²) in [5, 5.41) is 6.71. The largest absolute Gasteiger partial charge is 0.435 e. The Kier molecular flexibility index (Phi) is 5.70. The van der Waals surface area contributed by atoms with E-state index in [0.717, 1.165) is 23.1 Å². The minimum absolute atomic E-state index is 0.0356. The molecule has 0 fully saturated rings. The molecule has 1 atom stereocenters. The molecule has 2 aromatic heterocycles. The smallest absolute Gasteiger partial charge is 0.272 e. The van der Waals surface area contributed by atoms with Crippen LogP contribution in [-0.2, 0) is 22.7 Å². The van der Waals surface area contributed by atoms with E-state index >= 15 is 0 Å². The molecule has 0 aromatic carbocycles. The van der Waals surface area contributed by atoms with Crippen molar-refractivity contribution in [3.05, 3.63) is 29.8 Å². The highest BCUT2D eigenvalue weighted by atomic mass is 32.2. The summed E-state index contributed by atoms with van der Waals surface area (Å²) in [6.45, 7) is -0.260. The van der Waals surface area contributed by atoms with Crippen LogP contribution in [0.4, 0.5) is 22.0 Å². The second-order valence-electron chi connectivity index (χ2n) is 5.69. The number of halogens is 5. The van der Waals surface area contributed by atoms with E-state index in [-0.39, 0.29) is 28.4 Å². The summed E-state index contributed by atoms with van der Waals surface area (Å²) in [6, 6.07) is 0.818. The SMILES string of the molecule is Cc1c(S(=O)(=O)NC[C@H](C)Cn2ccc(C(F)(F)F)n2)cnn1C(F)F. The number of nitrogens with one attached hydrogen (secondary N) is 1. The number of sulfonamides is 1. The second kappa shape index (κ2) is 7.31. The molecular weight excluding hydrogens is 385 g/mol. The van der Waals surface area contributed by atoms with E-state index in [4.69, 9.17) is 0 Å². The van der Waals surface area contributed by atoms with Crippen molar-refractivity contribution in [1.29, 1.82) is 0 Å². The van der Waals surface area contributed by atoms with Crippen molar-refractivity contribution in [2.45, 2.75) is 38.0 Å². The molecule has 7 nitrogen and oxygen atoms in total. The van der Waals surface area contributed by atoms with Gasteiger partial charge in [0.05, 0.1) is 11.9 Å². The molecule has 0 bridgehead atoms. The molecule has 2 heterocycles. The maximum Gasteiger partial charge on any atom is 0.435 e.